The summed E-state index contributed by atoms with van der Waals surface area (Å²) in [5, 5.41) is 10.0. The molecule has 0 atom stereocenters. The average Bonchev–Trinajstić information content (AvgIpc) is 3.56. The van der Waals surface area contributed by atoms with Crippen molar-refractivity contribution in [2.45, 2.75) is 0 Å². The number of benzene rings is 8. The Hall–Kier alpha value is -6.16. The van der Waals surface area contributed by atoms with Gasteiger partial charge in [-0.3, -0.25) is 0 Å². The molecule has 0 saturated heterocycles. The quantitative estimate of drug-likeness (QED) is 0.179. The maximum atomic E-state index is 5.18. The highest BCUT2D eigenvalue weighted by Gasteiger charge is 2.18. The fourth-order valence-electron chi connectivity index (χ4n) is 7.34. The first kappa shape index (κ1) is 27.9. The van der Waals surface area contributed by atoms with Crippen LogP contribution in [0.2, 0.25) is 0 Å². The maximum Gasteiger partial charge on any atom is 0.161 e. The van der Waals surface area contributed by atoms with E-state index >= 15 is 0 Å². The van der Waals surface area contributed by atoms with Crippen LogP contribution in [-0.2, 0) is 0 Å². The van der Waals surface area contributed by atoms with Crippen LogP contribution in [0.25, 0.3) is 97.5 Å². The molecule has 2 nitrogen and oxygen atoms in total. The van der Waals surface area contributed by atoms with Crippen LogP contribution < -0.4 is 0 Å². The van der Waals surface area contributed by atoms with Crippen molar-refractivity contribution in [2.75, 3.05) is 0 Å². The highest BCUT2D eigenvalue weighted by molar-refractivity contribution is 7.25. The topological polar surface area (TPSA) is 25.8 Å². The lowest BCUT2D eigenvalue weighted by Gasteiger charge is -2.12. The van der Waals surface area contributed by atoms with E-state index in [9.17, 15) is 0 Å². The van der Waals surface area contributed by atoms with Crippen LogP contribution >= 0.6 is 11.3 Å². The van der Waals surface area contributed by atoms with Crippen molar-refractivity contribution in [3.8, 4) is 44.9 Å². The third kappa shape index (κ3) is 4.62. The van der Waals surface area contributed by atoms with Crippen molar-refractivity contribution < 1.29 is 0 Å². The first-order chi connectivity index (χ1) is 24.3. The summed E-state index contributed by atoms with van der Waals surface area (Å²) in [7, 11) is 0. The molecular weight excluding hydrogens is 613 g/mol. The van der Waals surface area contributed by atoms with E-state index in [1.165, 1.54) is 64.7 Å². The van der Waals surface area contributed by atoms with Gasteiger partial charge in [0.15, 0.2) is 5.82 Å². The van der Waals surface area contributed by atoms with Crippen molar-refractivity contribution >= 4 is 64.0 Å². The molecule has 49 heavy (non-hydrogen) atoms. The van der Waals surface area contributed by atoms with Crippen LogP contribution in [0.4, 0.5) is 0 Å². The Kier molecular flexibility index (Phi) is 6.39. The van der Waals surface area contributed by atoms with E-state index in [1.807, 2.05) is 18.2 Å². The van der Waals surface area contributed by atoms with Crippen LogP contribution in [-0.4, -0.2) is 9.97 Å². The Labute approximate surface area is 287 Å². The van der Waals surface area contributed by atoms with Crippen molar-refractivity contribution in [2.24, 2.45) is 0 Å². The maximum absolute atomic E-state index is 5.18. The van der Waals surface area contributed by atoms with Gasteiger partial charge < -0.3 is 0 Å². The molecule has 0 aliphatic rings. The lowest BCUT2D eigenvalue weighted by molar-refractivity contribution is 1.24. The molecule has 0 radical (unpaired) electrons. The predicted octanol–water partition coefficient (Wildman–Crippen LogP) is 13.0. The number of aromatic nitrogens is 2. The Morgan fingerprint density at radius 1 is 0.327 bits per heavy atom. The van der Waals surface area contributed by atoms with E-state index < -0.39 is 0 Å². The molecule has 0 spiro atoms. The number of fused-ring (bicyclic) bond motifs is 9. The van der Waals surface area contributed by atoms with Crippen molar-refractivity contribution in [3.05, 3.63) is 170 Å². The summed E-state index contributed by atoms with van der Waals surface area (Å²) in [6.45, 7) is 0. The van der Waals surface area contributed by atoms with Gasteiger partial charge in [0, 0.05) is 26.6 Å². The Bertz CT molecular complexity index is 2840. The summed E-state index contributed by atoms with van der Waals surface area (Å²) in [4.78, 5) is 11.3. The average molecular weight is 641 g/mol. The summed E-state index contributed by atoms with van der Waals surface area (Å²) < 4.78 is 1.21. The highest BCUT2D eigenvalue weighted by Crippen LogP contribution is 2.42. The van der Waals surface area contributed by atoms with Crippen LogP contribution in [0, 0.1) is 0 Å². The molecule has 0 aliphatic carbocycles. The molecule has 2 heterocycles. The molecule has 3 heteroatoms. The summed E-state index contributed by atoms with van der Waals surface area (Å²) in [5.41, 5.74) is 7.86. The molecule has 10 rings (SSSR count). The third-order valence-corrected chi connectivity index (χ3v) is 10.7. The Morgan fingerprint density at radius 3 is 1.47 bits per heavy atom. The number of nitrogens with zero attached hydrogens (tertiary/aromatic N) is 2. The van der Waals surface area contributed by atoms with Gasteiger partial charge in [0.2, 0.25) is 0 Å². The van der Waals surface area contributed by atoms with E-state index in [1.54, 1.807) is 11.3 Å². The zero-order valence-corrected chi connectivity index (χ0v) is 27.3. The van der Waals surface area contributed by atoms with Crippen LogP contribution in [0.1, 0.15) is 0 Å². The van der Waals surface area contributed by atoms with Gasteiger partial charge in [0.05, 0.1) is 5.69 Å². The van der Waals surface area contributed by atoms with Gasteiger partial charge in [0.25, 0.3) is 0 Å². The molecule has 10 aromatic rings. The monoisotopic (exact) mass is 640 g/mol. The predicted molar refractivity (Wildman–Crippen MR) is 209 cm³/mol. The molecule has 0 saturated carbocycles. The summed E-state index contributed by atoms with van der Waals surface area (Å²) in [5.74, 6) is 0.752. The van der Waals surface area contributed by atoms with Gasteiger partial charge in [0.1, 0.15) is 4.83 Å². The minimum Gasteiger partial charge on any atom is -0.227 e. The van der Waals surface area contributed by atoms with Crippen LogP contribution in [0.5, 0.6) is 0 Å². The first-order valence-electron chi connectivity index (χ1n) is 16.6. The summed E-state index contributed by atoms with van der Waals surface area (Å²) >= 11 is 1.73. The largest absolute Gasteiger partial charge is 0.227 e. The molecule has 8 aromatic carbocycles. The SMILES string of the molecule is c1ccc(-c2nc(-c3ccccc3)c3c(n2)sc2ccc(-c4cccc(-c5ccc6c7ccccc7c7ccccc7c6c5)c4)cc23)cc1. The van der Waals surface area contributed by atoms with Crippen LogP contribution in [0.3, 0.4) is 0 Å². The molecule has 0 bridgehead atoms. The number of hydrogen-bond donors (Lipinski definition) is 0. The van der Waals surface area contributed by atoms with E-state index in [0.29, 0.717) is 0 Å². The van der Waals surface area contributed by atoms with E-state index in [2.05, 4.69) is 152 Å². The standard InChI is InChI=1S/C46H28N2S/c1-3-12-29(13-4-1)44-43-41-28-34(23-25-42(41)49-46(43)48-45(47-44)30-14-5-2-6-15-30)32-17-11-16-31(26-32)33-22-24-39-37-20-8-7-18-35(37)36-19-9-10-21-38(36)40(39)27-33/h1-28H. The van der Waals surface area contributed by atoms with E-state index in [-0.39, 0.29) is 0 Å². The van der Waals surface area contributed by atoms with Gasteiger partial charge in [-0.1, -0.05) is 146 Å². The normalized spacial score (nSPS) is 11.7. The summed E-state index contributed by atoms with van der Waals surface area (Å²) in [6, 6.07) is 61.0. The second kappa shape index (κ2) is 11.2. The Morgan fingerprint density at radius 2 is 0.816 bits per heavy atom. The van der Waals surface area contributed by atoms with Gasteiger partial charge in [-0.2, -0.15) is 0 Å². The lowest BCUT2D eigenvalue weighted by Crippen LogP contribution is -1.93. The minimum atomic E-state index is 0.752. The van der Waals surface area contributed by atoms with Crippen molar-refractivity contribution in [3.63, 3.8) is 0 Å². The zero-order chi connectivity index (χ0) is 32.3. The number of hydrogen-bond acceptors (Lipinski definition) is 3. The van der Waals surface area contributed by atoms with E-state index in [4.69, 9.17) is 9.97 Å². The second-order valence-electron chi connectivity index (χ2n) is 12.6. The smallest absolute Gasteiger partial charge is 0.161 e. The first-order valence-corrected chi connectivity index (χ1v) is 17.4. The molecule has 0 fully saturated rings. The third-order valence-electron chi connectivity index (χ3n) is 9.68. The zero-order valence-electron chi connectivity index (χ0n) is 26.5. The fraction of sp³-hybridized carbons (Fsp3) is 0. The molecule has 228 valence electrons. The van der Waals surface area contributed by atoms with Crippen molar-refractivity contribution in [1.29, 1.82) is 0 Å². The second-order valence-corrected chi connectivity index (χ2v) is 13.6. The molecule has 0 amide bonds. The minimum absolute atomic E-state index is 0.752. The van der Waals surface area contributed by atoms with Gasteiger partial charge in [-0.25, -0.2) is 9.97 Å². The fourth-order valence-corrected chi connectivity index (χ4v) is 8.40. The van der Waals surface area contributed by atoms with Crippen LogP contribution in [0.15, 0.2) is 170 Å². The molecule has 0 N–H and O–H groups in total. The number of thiophene rings is 1. The molecular formula is C46H28N2S. The van der Waals surface area contributed by atoms with Gasteiger partial charge in [-0.15, -0.1) is 11.3 Å². The molecule has 0 aliphatic heterocycles. The Balaban J connectivity index is 1.13. The van der Waals surface area contributed by atoms with Gasteiger partial charge >= 0.3 is 0 Å². The lowest BCUT2D eigenvalue weighted by atomic mass is 9.91. The highest BCUT2D eigenvalue weighted by atomic mass is 32.1. The molecule has 2 aromatic heterocycles. The van der Waals surface area contributed by atoms with E-state index in [0.717, 1.165) is 32.9 Å². The number of rotatable bonds is 4. The molecule has 0 unspecified atom stereocenters. The van der Waals surface area contributed by atoms with Gasteiger partial charge in [-0.05, 0) is 78.8 Å². The van der Waals surface area contributed by atoms with Crippen molar-refractivity contribution in [1.82, 2.24) is 9.97 Å². The summed E-state index contributed by atoms with van der Waals surface area (Å²) in [6.07, 6.45) is 0.